The minimum absolute atomic E-state index is 0.0955. The van der Waals surface area contributed by atoms with E-state index in [0.717, 1.165) is 4.90 Å². The highest BCUT2D eigenvalue weighted by Gasteiger charge is 2.63. The Morgan fingerprint density at radius 1 is 1.16 bits per heavy atom. The number of rotatable bonds is 2. The Morgan fingerprint density at radius 2 is 1.91 bits per heavy atom. The minimum Gasteiger partial charge on any atom is -0.377 e. The van der Waals surface area contributed by atoms with Crippen LogP contribution in [0.2, 0.25) is 5.02 Å². The molecule has 3 aliphatic rings. The number of fused-ring (bicyclic) bond motifs is 4. The number of morpholine rings is 1. The van der Waals surface area contributed by atoms with Crippen LogP contribution in [0.25, 0.3) is 0 Å². The SMILES string of the molecule is O=C1NC(=O)C2(Cc3cc([N+](=O)[O-])ccc3N3CCOCC32)C(=O)N1c1ccc(Cl)cc1. The summed E-state index contributed by atoms with van der Waals surface area (Å²) in [5.74, 6) is -1.44. The van der Waals surface area contributed by atoms with Crippen LogP contribution >= 0.6 is 11.6 Å². The lowest BCUT2D eigenvalue weighted by Crippen LogP contribution is -2.74. The zero-order valence-electron chi connectivity index (χ0n) is 16.6. The van der Waals surface area contributed by atoms with Crippen molar-refractivity contribution in [1.29, 1.82) is 0 Å². The molecule has 2 saturated heterocycles. The van der Waals surface area contributed by atoms with Crippen LogP contribution < -0.4 is 15.1 Å². The quantitative estimate of drug-likeness (QED) is 0.418. The molecule has 11 heteroatoms. The van der Waals surface area contributed by atoms with Crippen molar-refractivity contribution in [2.24, 2.45) is 5.41 Å². The molecule has 0 aliphatic carbocycles. The molecule has 5 rings (SSSR count). The summed E-state index contributed by atoms with van der Waals surface area (Å²) in [5, 5.41) is 14.1. The summed E-state index contributed by atoms with van der Waals surface area (Å²) < 4.78 is 5.62. The zero-order chi connectivity index (χ0) is 22.6. The number of barbiturate groups is 1. The zero-order valence-corrected chi connectivity index (χ0v) is 17.4. The van der Waals surface area contributed by atoms with Crippen LogP contribution in [0.1, 0.15) is 5.56 Å². The predicted octanol–water partition coefficient (Wildman–Crippen LogP) is 2.28. The number of ether oxygens (including phenoxy) is 1. The molecule has 4 amide bonds. The summed E-state index contributed by atoms with van der Waals surface area (Å²) in [6.07, 6.45) is -0.101. The fraction of sp³-hybridized carbons (Fsp3) is 0.286. The van der Waals surface area contributed by atoms with Crippen LogP contribution in [0.15, 0.2) is 42.5 Å². The Morgan fingerprint density at radius 3 is 2.62 bits per heavy atom. The average Bonchev–Trinajstić information content (AvgIpc) is 2.78. The van der Waals surface area contributed by atoms with E-state index in [9.17, 15) is 24.5 Å². The standard InChI is InChI=1S/C21H17ClN4O6/c22-13-1-3-14(4-2-13)25-19(28)21(18(27)23-20(25)29)10-12-9-15(26(30)31)5-6-16(12)24-7-8-32-11-17(21)24/h1-6,9,17H,7-8,10-11H2,(H,23,27,29). The second-order valence-corrected chi connectivity index (χ2v) is 8.32. The number of carbonyl (C=O) groups is 3. The van der Waals surface area contributed by atoms with Crippen molar-refractivity contribution in [3.8, 4) is 0 Å². The van der Waals surface area contributed by atoms with Crippen LogP contribution in [-0.4, -0.2) is 48.6 Å². The molecule has 1 spiro atoms. The molecule has 32 heavy (non-hydrogen) atoms. The highest BCUT2D eigenvalue weighted by atomic mass is 35.5. The van der Waals surface area contributed by atoms with Gasteiger partial charge in [0.05, 0.1) is 29.9 Å². The van der Waals surface area contributed by atoms with E-state index < -0.39 is 34.2 Å². The maximum Gasteiger partial charge on any atom is 0.335 e. The Hall–Kier alpha value is -3.50. The number of benzene rings is 2. The lowest BCUT2D eigenvalue weighted by molar-refractivity contribution is -0.384. The molecular formula is C21H17ClN4O6. The molecule has 2 unspecified atom stereocenters. The van der Waals surface area contributed by atoms with Crippen LogP contribution in [0.3, 0.4) is 0 Å². The number of nitrogens with one attached hydrogen (secondary N) is 1. The Kier molecular flexibility index (Phi) is 4.64. The first-order valence-corrected chi connectivity index (χ1v) is 10.3. The van der Waals surface area contributed by atoms with Crippen LogP contribution in [0.5, 0.6) is 0 Å². The molecule has 1 N–H and O–H groups in total. The van der Waals surface area contributed by atoms with Gasteiger partial charge < -0.3 is 9.64 Å². The predicted molar refractivity (Wildman–Crippen MR) is 114 cm³/mol. The van der Waals surface area contributed by atoms with Crippen molar-refractivity contribution >= 4 is 46.5 Å². The summed E-state index contributed by atoms with van der Waals surface area (Å²) in [6, 6.07) is 8.97. The fourth-order valence-electron chi connectivity index (χ4n) is 4.75. The molecule has 0 saturated carbocycles. The van der Waals surface area contributed by atoms with Gasteiger partial charge in [-0.1, -0.05) is 11.6 Å². The van der Waals surface area contributed by atoms with E-state index in [1.54, 1.807) is 6.07 Å². The molecule has 3 aliphatic heterocycles. The summed E-state index contributed by atoms with van der Waals surface area (Å²) in [6.45, 7) is 0.865. The molecule has 2 fully saturated rings. The van der Waals surface area contributed by atoms with Crippen molar-refractivity contribution in [3.63, 3.8) is 0 Å². The number of hydrogen-bond acceptors (Lipinski definition) is 7. The number of amides is 4. The van der Waals surface area contributed by atoms with E-state index in [4.69, 9.17) is 16.3 Å². The fourth-order valence-corrected chi connectivity index (χ4v) is 4.88. The summed E-state index contributed by atoms with van der Waals surface area (Å²) >= 11 is 5.94. The maximum atomic E-state index is 13.9. The Bertz CT molecular complexity index is 1170. The topological polar surface area (TPSA) is 122 Å². The van der Waals surface area contributed by atoms with Crippen molar-refractivity contribution in [2.75, 3.05) is 29.6 Å². The van der Waals surface area contributed by atoms with Gasteiger partial charge in [0.1, 0.15) is 0 Å². The first-order valence-electron chi connectivity index (χ1n) is 9.90. The third-order valence-electron chi connectivity index (χ3n) is 6.25. The van der Waals surface area contributed by atoms with E-state index in [1.807, 2.05) is 4.90 Å². The van der Waals surface area contributed by atoms with Crippen molar-refractivity contribution in [3.05, 3.63) is 63.2 Å². The maximum absolute atomic E-state index is 13.9. The molecule has 10 nitrogen and oxygen atoms in total. The van der Waals surface area contributed by atoms with Gasteiger partial charge in [0, 0.05) is 35.8 Å². The third kappa shape index (κ3) is 2.87. The normalized spacial score (nSPS) is 24.8. The van der Waals surface area contributed by atoms with Gasteiger partial charge >= 0.3 is 6.03 Å². The number of imide groups is 2. The Balaban J connectivity index is 1.66. The largest absolute Gasteiger partial charge is 0.377 e. The summed E-state index contributed by atoms with van der Waals surface area (Å²) in [4.78, 5) is 53.5. The number of carbonyl (C=O) groups excluding carboxylic acids is 3. The molecule has 2 aromatic rings. The summed E-state index contributed by atoms with van der Waals surface area (Å²) in [7, 11) is 0. The first-order chi connectivity index (χ1) is 15.3. The van der Waals surface area contributed by atoms with E-state index >= 15 is 0 Å². The van der Waals surface area contributed by atoms with E-state index in [0.29, 0.717) is 29.4 Å². The van der Waals surface area contributed by atoms with Crippen molar-refractivity contribution in [1.82, 2.24) is 5.32 Å². The highest BCUT2D eigenvalue weighted by molar-refractivity contribution is 6.32. The molecule has 164 valence electrons. The van der Waals surface area contributed by atoms with Crippen LogP contribution in [0.4, 0.5) is 21.9 Å². The van der Waals surface area contributed by atoms with Gasteiger partial charge in [-0.3, -0.25) is 25.0 Å². The van der Waals surface area contributed by atoms with Crippen LogP contribution in [0, 0.1) is 15.5 Å². The number of non-ortho nitro benzene ring substituents is 1. The molecule has 0 aromatic heterocycles. The van der Waals surface area contributed by atoms with E-state index in [2.05, 4.69) is 5.32 Å². The van der Waals surface area contributed by atoms with Gasteiger partial charge in [-0.25, -0.2) is 9.69 Å². The molecule has 3 heterocycles. The molecule has 2 atom stereocenters. The van der Waals surface area contributed by atoms with E-state index in [1.165, 1.54) is 36.4 Å². The minimum atomic E-state index is -1.70. The number of hydrogen-bond donors (Lipinski definition) is 1. The number of nitro groups is 1. The highest BCUT2D eigenvalue weighted by Crippen LogP contribution is 2.46. The smallest absolute Gasteiger partial charge is 0.335 e. The molecule has 0 radical (unpaired) electrons. The molecule has 0 bridgehead atoms. The average molecular weight is 457 g/mol. The number of urea groups is 1. The van der Waals surface area contributed by atoms with Gasteiger partial charge in [0.15, 0.2) is 5.41 Å². The second kappa shape index (κ2) is 7.28. The summed E-state index contributed by atoms with van der Waals surface area (Å²) in [5.41, 5.74) is -0.371. The van der Waals surface area contributed by atoms with Gasteiger partial charge in [-0.2, -0.15) is 0 Å². The second-order valence-electron chi connectivity index (χ2n) is 7.88. The van der Waals surface area contributed by atoms with Crippen LogP contribution in [-0.2, 0) is 20.7 Å². The number of halogens is 1. The number of anilines is 2. The number of nitrogens with zero attached hydrogens (tertiary/aromatic N) is 3. The molecule has 2 aromatic carbocycles. The molecular weight excluding hydrogens is 440 g/mol. The third-order valence-corrected chi connectivity index (χ3v) is 6.50. The van der Waals surface area contributed by atoms with Gasteiger partial charge in [0.25, 0.3) is 11.6 Å². The van der Waals surface area contributed by atoms with E-state index in [-0.39, 0.29) is 24.4 Å². The van der Waals surface area contributed by atoms with Crippen molar-refractivity contribution < 1.29 is 24.0 Å². The lowest BCUT2D eigenvalue weighted by atomic mass is 9.68. The van der Waals surface area contributed by atoms with Crippen molar-refractivity contribution in [2.45, 2.75) is 12.5 Å². The lowest BCUT2D eigenvalue weighted by Gasteiger charge is -2.53. The van der Waals surface area contributed by atoms with Gasteiger partial charge in [0.2, 0.25) is 5.91 Å². The van der Waals surface area contributed by atoms with Gasteiger partial charge in [-0.05, 0) is 35.9 Å². The first kappa shape index (κ1) is 20.4. The van der Waals surface area contributed by atoms with Gasteiger partial charge in [-0.15, -0.1) is 0 Å². The number of nitro benzene ring substituents is 1. The Labute approximate surface area is 186 Å². The monoisotopic (exact) mass is 456 g/mol.